The van der Waals surface area contributed by atoms with Gasteiger partial charge in [-0.3, -0.25) is 0 Å². The molecule has 3 aromatic rings. The van der Waals surface area contributed by atoms with E-state index in [4.69, 9.17) is 4.52 Å². The second kappa shape index (κ2) is 9.88. The van der Waals surface area contributed by atoms with Crippen LogP contribution in [0, 0.1) is 28.4 Å². The van der Waals surface area contributed by atoms with Crippen LogP contribution in [0.4, 0.5) is 13.6 Å². The first-order chi connectivity index (χ1) is 17.4. The number of nitriles is 1. The van der Waals surface area contributed by atoms with Crippen LogP contribution in [0.5, 0.6) is 0 Å². The van der Waals surface area contributed by atoms with E-state index in [1.807, 2.05) is 20.8 Å². The first-order valence-electron chi connectivity index (χ1n) is 11.7. The number of halogens is 3. The number of benzene rings is 2. The smallest absolute Gasteiger partial charge is 0.407 e. The Hall–Kier alpha value is -3.29. The maximum atomic E-state index is 14.3. The molecule has 37 heavy (non-hydrogen) atoms. The predicted octanol–water partition coefficient (Wildman–Crippen LogP) is 6.22. The Morgan fingerprint density at radius 1 is 1.27 bits per heavy atom. The van der Waals surface area contributed by atoms with Crippen molar-refractivity contribution in [3.05, 3.63) is 75.5 Å². The van der Waals surface area contributed by atoms with Crippen LogP contribution in [0.3, 0.4) is 0 Å². The van der Waals surface area contributed by atoms with Crippen molar-refractivity contribution in [1.82, 2.24) is 10.1 Å². The summed E-state index contributed by atoms with van der Waals surface area (Å²) in [6, 6.07) is 11.6. The van der Waals surface area contributed by atoms with E-state index in [0.717, 1.165) is 12.1 Å². The molecule has 4 rings (SSSR count). The van der Waals surface area contributed by atoms with Crippen molar-refractivity contribution in [2.24, 2.45) is 5.41 Å². The molecule has 0 bridgehead atoms. The average Bonchev–Trinajstić information content (AvgIpc) is 3.20. The quantitative estimate of drug-likeness (QED) is 0.383. The van der Waals surface area contributed by atoms with E-state index in [1.165, 1.54) is 11.0 Å². The highest BCUT2D eigenvalue weighted by Gasteiger charge is 2.56. The lowest BCUT2D eigenvalue weighted by atomic mass is 9.64. The molecule has 1 aliphatic heterocycles. The number of aromatic nitrogens is 1. The number of rotatable bonds is 4. The van der Waals surface area contributed by atoms with Crippen LogP contribution >= 0.6 is 15.9 Å². The molecule has 194 valence electrons. The number of hydrogen-bond donors (Lipinski definition) is 2. The van der Waals surface area contributed by atoms with Crippen LogP contribution in [0.15, 0.2) is 51.5 Å². The van der Waals surface area contributed by atoms with E-state index in [2.05, 4.69) is 27.2 Å². The van der Waals surface area contributed by atoms with Gasteiger partial charge in [0.25, 0.3) is 0 Å². The van der Waals surface area contributed by atoms with Crippen LogP contribution in [0.25, 0.3) is 11.3 Å². The summed E-state index contributed by atoms with van der Waals surface area (Å²) < 4.78 is 34.3. The van der Waals surface area contributed by atoms with Crippen molar-refractivity contribution in [3.8, 4) is 17.3 Å². The molecule has 10 heteroatoms. The highest BCUT2D eigenvalue weighted by molar-refractivity contribution is 9.10. The summed E-state index contributed by atoms with van der Waals surface area (Å²) in [7, 11) is 0. The molecule has 1 aliphatic rings. The Kier molecular flexibility index (Phi) is 7.14. The van der Waals surface area contributed by atoms with E-state index in [0.29, 0.717) is 21.3 Å². The van der Waals surface area contributed by atoms with Crippen molar-refractivity contribution in [3.63, 3.8) is 0 Å². The van der Waals surface area contributed by atoms with Gasteiger partial charge >= 0.3 is 6.09 Å². The van der Waals surface area contributed by atoms with Gasteiger partial charge in [-0.1, -0.05) is 56.3 Å². The zero-order valence-electron chi connectivity index (χ0n) is 20.5. The highest BCUT2D eigenvalue weighted by atomic mass is 79.9. The van der Waals surface area contributed by atoms with Crippen LogP contribution in [0.1, 0.15) is 50.0 Å². The standard InChI is InChI=1S/C27H26BrF2N3O4/c1-26(2,3)24-20(23-21(28)22(32-37-23)17-7-5-4-6-15(17)10-12-31)27(36,11-13-33(24)25(34)35)16-8-9-18(29)19(30)14-16/h4-9,14,20,24,36H,10-11,13H2,1-3H3,(H,34,35)/t20-,24?,27-/m0/s1. The van der Waals surface area contributed by atoms with Gasteiger partial charge in [-0.15, -0.1) is 0 Å². The molecule has 2 aromatic carbocycles. The lowest BCUT2D eigenvalue weighted by Crippen LogP contribution is -2.60. The second-order valence-electron chi connectivity index (χ2n) is 10.3. The molecule has 1 unspecified atom stereocenters. The highest BCUT2D eigenvalue weighted by Crippen LogP contribution is 2.54. The summed E-state index contributed by atoms with van der Waals surface area (Å²) in [5, 5.41) is 35.7. The summed E-state index contributed by atoms with van der Waals surface area (Å²) in [6.07, 6.45) is -1.13. The maximum absolute atomic E-state index is 14.3. The van der Waals surface area contributed by atoms with E-state index in [-0.39, 0.29) is 30.7 Å². The minimum atomic E-state index is -1.82. The van der Waals surface area contributed by atoms with Crippen molar-refractivity contribution in [2.45, 2.75) is 51.2 Å². The Balaban J connectivity index is 1.97. The summed E-state index contributed by atoms with van der Waals surface area (Å²) >= 11 is 3.56. The minimum absolute atomic E-state index is 0.0348. The number of amides is 1. The topological polar surface area (TPSA) is 111 Å². The lowest BCUT2D eigenvalue weighted by molar-refractivity contribution is -0.0977. The SMILES string of the molecule is CC(C)(C)C1[C@H](c2onc(-c3ccccc3CC#N)c2Br)[C@@](O)(c2ccc(F)c(F)c2)CCN1C(=O)O. The van der Waals surface area contributed by atoms with Crippen LogP contribution < -0.4 is 0 Å². The van der Waals surface area contributed by atoms with Gasteiger partial charge in [0.2, 0.25) is 0 Å². The van der Waals surface area contributed by atoms with Gasteiger partial charge in [0.05, 0.1) is 28.9 Å². The Morgan fingerprint density at radius 3 is 2.59 bits per heavy atom. The number of hydrogen-bond acceptors (Lipinski definition) is 5. The zero-order valence-corrected chi connectivity index (χ0v) is 22.1. The molecular formula is C27H26BrF2N3O4. The molecule has 0 radical (unpaired) electrons. The summed E-state index contributed by atoms with van der Waals surface area (Å²) in [5.74, 6) is -3.06. The van der Waals surface area contributed by atoms with Gasteiger partial charge < -0.3 is 19.6 Å². The third-order valence-electron chi connectivity index (χ3n) is 6.94. The third kappa shape index (κ3) is 4.74. The monoisotopic (exact) mass is 573 g/mol. The van der Waals surface area contributed by atoms with Crippen LogP contribution in [-0.4, -0.2) is 38.9 Å². The molecule has 1 amide bonds. The number of carbonyl (C=O) groups is 1. The molecule has 1 aromatic heterocycles. The second-order valence-corrected chi connectivity index (χ2v) is 11.1. The molecule has 0 aliphatic carbocycles. The van der Waals surface area contributed by atoms with E-state index >= 15 is 0 Å². The molecule has 3 atom stereocenters. The molecule has 2 N–H and O–H groups in total. The number of likely N-dealkylation sites (tertiary alicyclic amines) is 1. The molecule has 1 fully saturated rings. The first-order valence-corrected chi connectivity index (χ1v) is 12.5. The number of nitrogens with zero attached hydrogens (tertiary/aromatic N) is 3. The molecule has 2 heterocycles. The fourth-order valence-electron chi connectivity index (χ4n) is 5.30. The Bertz CT molecular complexity index is 1380. The van der Waals surface area contributed by atoms with Gasteiger partial charge in [0.15, 0.2) is 17.4 Å². The fraction of sp³-hybridized carbons (Fsp3) is 0.370. The molecule has 1 saturated heterocycles. The van der Waals surface area contributed by atoms with Crippen molar-refractivity contribution in [2.75, 3.05) is 6.54 Å². The Labute approximate surface area is 221 Å². The summed E-state index contributed by atoms with van der Waals surface area (Å²) in [6.45, 7) is 5.48. The van der Waals surface area contributed by atoms with Crippen molar-refractivity contribution >= 4 is 22.0 Å². The number of piperidine rings is 1. The predicted molar refractivity (Wildman–Crippen MR) is 135 cm³/mol. The summed E-state index contributed by atoms with van der Waals surface area (Å²) in [4.78, 5) is 13.6. The third-order valence-corrected chi connectivity index (χ3v) is 7.70. The largest absolute Gasteiger partial charge is 0.465 e. The first kappa shape index (κ1) is 26.8. The maximum Gasteiger partial charge on any atom is 0.407 e. The fourth-order valence-corrected chi connectivity index (χ4v) is 5.91. The summed E-state index contributed by atoms with van der Waals surface area (Å²) in [5.41, 5.74) is -0.686. The normalized spacial score (nSPS) is 22.1. The van der Waals surface area contributed by atoms with Crippen molar-refractivity contribution in [1.29, 1.82) is 5.26 Å². The van der Waals surface area contributed by atoms with E-state index in [1.54, 1.807) is 24.3 Å². The number of aliphatic hydroxyl groups is 1. The van der Waals surface area contributed by atoms with Crippen LogP contribution in [-0.2, 0) is 12.0 Å². The van der Waals surface area contributed by atoms with Crippen molar-refractivity contribution < 1.29 is 28.3 Å². The van der Waals surface area contributed by atoms with E-state index < -0.39 is 40.7 Å². The molecule has 7 nitrogen and oxygen atoms in total. The molecule has 0 spiro atoms. The average molecular weight is 574 g/mol. The molecular weight excluding hydrogens is 548 g/mol. The minimum Gasteiger partial charge on any atom is -0.465 e. The van der Waals surface area contributed by atoms with Gasteiger partial charge in [-0.2, -0.15) is 5.26 Å². The number of carboxylic acid groups (broad SMARTS) is 1. The van der Waals surface area contributed by atoms with Gasteiger partial charge in [-0.05, 0) is 51.0 Å². The van der Waals surface area contributed by atoms with Gasteiger partial charge in [0, 0.05) is 12.1 Å². The zero-order chi connectivity index (χ0) is 27.1. The van der Waals surface area contributed by atoms with Crippen LogP contribution in [0.2, 0.25) is 0 Å². The Morgan fingerprint density at radius 2 is 1.97 bits per heavy atom. The van der Waals surface area contributed by atoms with Gasteiger partial charge in [0.1, 0.15) is 11.3 Å². The van der Waals surface area contributed by atoms with Gasteiger partial charge in [-0.25, -0.2) is 13.6 Å². The molecule has 0 saturated carbocycles. The lowest BCUT2D eigenvalue weighted by Gasteiger charge is -2.53. The van der Waals surface area contributed by atoms with E-state index in [9.17, 15) is 29.1 Å².